The lowest BCUT2D eigenvalue weighted by Gasteiger charge is -2.24. The van der Waals surface area contributed by atoms with Gasteiger partial charge >= 0.3 is 6.18 Å². The fourth-order valence-electron chi connectivity index (χ4n) is 1.43. The number of rotatable bonds is 3. The van der Waals surface area contributed by atoms with Crippen LogP contribution in [-0.2, 0) is 0 Å². The van der Waals surface area contributed by atoms with Gasteiger partial charge in [-0.1, -0.05) is 35.8 Å². The molecule has 0 fully saturated rings. The summed E-state index contributed by atoms with van der Waals surface area (Å²) >= 11 is 3.01. The largest absolute Gasteiger partial charge is 0.408 e. The number of nitrogens with one attached hydrogen (secondary N) is 1. The van der Waals surface area contributed by atoms with Gasteiger partial charge in [-0.15, -0.1) is 0 Å². The smallest absolute Gasteiger partial charge is 0.300 e. The third kappa shape index (κ3) is 3.96. The predicted octanol–water partition coefficient (Wildman–Crippen LogP) is 4.19. The Balaban J connectivity index is 3.13. The van der Waals surface area contributed by atoms with Crippen molar-refractivity contribution in [3.8, 4) is 0 Å². The maximum atomic E-state index is 13.5. The van der Waals surface area contributed by atoms with Gasteiger partial charge in [0, 0.05) is 16.1 Å². The summed E-state index contributed by atoms with van der Waals surface area (Å²) in [6.45, 7) is 3.16. The van der Waals surface area contributed by atoms with E-state index in [9.17, 15) is 17.6 Å². The predicted molar refractivity (Wildman–Crippen MR) is 61.2 cm³/mol. The summed E-state index contributed by atoms with van der Waals surface area (Å²) in [5.74, 6) is -0.880. The lowest BCUT2D eigenvalue weighted by Crippen LogP contribution is -2.38. The molecule has 1 rings (SSSR count). The Morgan fingerprint density at radius 3 is 2.24 bits per heavy atom. The minimum Gasteiger partial charge on any atom is -0.300 e. The highest BCUT2D eigenvalue weighted by atomic mass is 79.9. The summed E-state index contributed by atoms with van der Waals surface area (Å²) in [5, 5.41) is 2.32. The Bertz CT molecular complexity index is 390. The van der Waals surface area contributed by atoms with Gasteiger partial charge in [-0.25, -0.2) is 4.39 Å². The van der Waals surface area contributed by atoms with Crippen molar-refractivity contribution in [1.82, 2.24) is 5.32 Å². The minimum absolute atomic E-state index is 0.394. The molecule has 6 heteroatoms. The first-order valence-corrected chi connectivity index (χ1v) is 5.79. The molecule has 0 heterocycles. The molecule has 0 aliphatic carbocycles. The zero-order valence-corrected chi connectivity index (χ0v) is 10.9. The van der Waals surface area contributed by atoms with Gasteiger partial charge in [-0.05, 0) is 12.1 Å². The van der Waals surface area contributed by atoms with Crippen LogP contribution in [0.25, 0.3) is 0 Å². The van der Waals surface area contributed by atoms with E-state index in [4.69, 9.17) is 0 Å². The molecule has 0 saturated heterocycles. The molecule has 1 atom stereocenters. The van der Waals surface area contributed by atoms with E-state index in [1.807, 2.05) is 0 Å². The molecule has 0 aromatic heterocycles. The van der Waals surface area contributed by atoms with Crippen molar-refractivity contribution < 1.29 is 17.6 Å². The molecule has 1 nitrogen and oxygen atoms in total. The van der Waals surface area contributed by atoms with E-state index in [1.54, 1.807) is 13.8 Å². The molecule has 1 unspecified atom stereocenters. The van der Waals surface area contributed by atoms with Crippen LogP contribution in [0.3, 0.4) is 0 Å². The Kier molecular flexibility index (Phi) is 4.55. The molecular formula is C11H12BrF4N. The SMILES string of the molecule is CC(C)NC(c1ccc(Br)cc1F)C(F)(F)F. The molecule has 0 radical (unpaired) electrons. The summed E-state index contributed by atoms with van der Waals surface area (Å²) in [6.07, 6.45) is -4.53. The van der Waals surface area contributed by atoms with Crippen LogP contribution in [0.1, 0.15) is 25.5 Å². The number of hydrogen-bond acceptors (Lipinski definition) is 1. The van der Waals surface area contributed by atoms with E-state index in [0.717, 1.165) is 12.1 Å². The summed E-state index contributed by atoms with van der Waals surface area (Å²) in [6, 6.07) is 1.16. The molecule has 17 heavy (non-hydrogen) atoms. The number of hydrogen-bond donors (Lipinski definition) is 1. The summed E-state index contributed by atoms with van der Waals surface area (Å²) in [4.78, 5) is 0. The number of benzene rings is 1. The molecule has 0 aliphatic heterocycles. The second-order valence-electron chi connectivity index (χ2n) is 3.96. The van der Waals surface area contributed by atoms with Crippen molar-refractivity contribution in [3.63, 3.8) is 0 Å². The van der Waals surface area contributed by atoms with E-state index in [2.05, 4.69) is 21.2 Å². The van der Waals surface area contributed by atoms with E-state index >= 15 is 0 Å². The maximum absolute atomic E-state index is 13.5. The molecule has 1 aromatic carbocycles. The van der Waals surface area contributed by atoms with Gasteiger partial charge in [-0.3, -0.25) is 0 Å². The molecule has 0 bridgehead atoms. The van der Waals surface area contributed by atoms with Gasteiger partial charge in [0.05, 0.1) is 0 Å². The lowest BCUT2D eigenvalue weighted by molar-refractivity contribution is -0.159. The van der Waals surface area contributed by atoms with Crippen LogP contribution in [-0.4, -0.2) is 12.2 Å². The first-order valence-electron chi connectivity index (χ1n) is 4.99. The monoisotopic (exact) mass is 313 g/mol. The van der Waals surface area contributed by atoms with Crippen molar-refractivity contribution in [1.29, 1.82) is 0 Å². The van der Waals surface area contributed by atoms with Gasteiger partial charge in [-0.2, -0.15) is 13.2 Å². The Labute approximate surface area is 105 Å². The molecule has 0 saturated carbocycles. The zero-order valence-electron chi connectivity index (χ0n) is 9.28. The molecule has 0 spiro atoms. The standard InChI is InChI=1S/C11H12BrF4N/c1-6(2)17-10(11(14,15)16)8-4-3-7(12)5-9(8)13/h3-6,10,17H,1-2H3. The van der Waals surface area contributed by atoms with E-state index in [-0.39, 0.29) is 0 Å². The molecule has 1 aromatic rings. The highest BCUT2D eigenvalue weighted by Crippen LogP contribution is 2.35. The van der Waals surface area contributed by atoms with Crippen molar-refractivity contribution >= 4 is 15.9 Å². The average Bonchev–Trinajstić information content (AvgIpc) is 2.13. The van der Waals surface area contributed by atoms with Gasteiger partial charge < -0.3 is 5.32 Å². The van der Waals surface area contributed by atoms with Crippen LogP contribution >= 0.6 is 15.9 Å². The third-order valence-corrected chi connectivity index (χ3v) is 2.59. The van der Waals surface area contributed by atoms with Crippen LogP contribution in [0.2, 0.25) is 0 Å². The Hall–Kier alpha value is -0.620. The lowest BCUT2D eigenvalue weighted by atomic mass is 10.1. The Morgan fingerprint density at radius 1 is 1.24 bits per heavy atom. The first kappa shape index (κ1) is 14.4. The second-order valence-corrected chi connectivity index (χ2v) is 4.88. The fourth-order valence-corrected chi connectivity index (χ4v) is 1.76. The van der Waals surface area contributed by atoms with Gasteiger partial charge in [0.2, 0.25) is 0 Å². The second kappa shape index (κ2) is 5.35. The normalized spacial score (nSPS) is 14.1. The first-order chi connectivity index (χ1) is 7.71. The average molecular weight is 314 g/mol. The highest BCUT2D eigenvalue weighted by Gasteiger charge is 2.42. The van der Waals surface area contributed by atoms with Gasteiger partial charge in [0.25, 0.3) is 0 Å². The Morgan fingerprint density at radius 2 is 1.82 bits per heavy atom. The van der Waals surface area contributed by atoms with Gasteiger partial charge in [0.1, 0.15) is 11.9 Å². The topological polar surface area (TPSA) is 12.0 Å². The van der Waals surface area contributed by atoms with E-state index in [0.29, 0.717) is 4.47 Å². The minimum atomic E-state index is -4.53. The van der Waals surface area contributed by atoms with Crippen LogP contribution in [0, 0.1) is 5.82 Å². The summed E-state index contributed by atoms with van der Waals surface area (Å²) < 4.78 is 52.3. The van der Waals surface area contributed by atoms with Crippen LogP contribution in [0.5, 0.6) is 0 Å². The highest BCUT2D eigenvalue weighted by molar-refractivity contribution is 9.10. The van der Waals surface area contributed by atoms with E-state index in [1.165, 1.54) is 6.07 Å². The summed E-state index contributed by atoms with van der Waals surface area (Å²) in [7, 11) is 0. The number of halogens is 5. The quantitative estimate of drug-likeness (QED) is 0.825. The van der Waals surface area contributed by atoms with Crippen LogP contribution in [0.4, 0.5) is 17.6 Å². The molecule has 0 aliphatic rings. The molecular weight excluding hydrogens is 302 g/mol. The molecule has 1 N–H and O–H groups in total. The van der Waals surface area contributed by atoms with Crippen LogP contribution in [0.15, 0.2) is 22.7 Å². The van der Waals surface area contributed by atoms with Crippen molar-refractivity contribution in [2.75, 3.05) is 0 Å². The van der Waals surface area contributed by atoms with E-state index < -0.39 is 29.6 Å². The molecule has 0 amide bonds. The van der Waals surface area contributed by atoms with Gasteiger partial charge in [0.15, 0.2) is 0 Å². The molecule has 96 valence electrons. The fraction of sp³-hybridized carbons (Fsp3) is 0.455. The maximum Gasteiger partial charge on any atom is 0.408 e. The van der Waals surface area contributed by atoms with Crippen molar-refractivity contribution in [2.24, 2.45) is 0 Å². The third-order valence-electron chi connectivity index (χ3n) is 2.10. The van der Waals surface area contributed by atoms with Crippen LogP contribution < -0.4 is 5.32 Å². The summed E-state index contributed by atoms with van der Waals surface area (Å²) in [5.41, 5.74) is -0.394. The van der Waals surface area contributed by atoms with Crippen molar-refractivity contribution in [3.05, 3.63) is 34.1 Å². The number of alkyl halides is 3. The van der Waals surface area contributed by atoms with Crippen molar-refractivity contribution in [2.45, 2.75) is 32.1 Å². The zero-order chi connectivity index (χ0) is 13.2.